The highest BCUT2D eigenvalue weighted by atomic mass is 32.2. The van der Waals surface area contributed by atoms with Gasteiger partial charge in [0, 0.05) is 59.7 Å². The van der Waals surface area contributed by atoms with Crippen molar-refractivity contribution in [3.8, 4) is 11.3 Å². The summed E-state index contributed by atoms with van der Waals surface area (Å²) in [6.45, 7) is 14.7. The second-order valence-corrected chi connectivity index (χ2v) is 16.5. The maximum absolute atomic E-state index is 13.7. The van der Waals surface area contributed by atoms with Gasteiger partial charge in [0.05, 0.1) is 17.8 Å². The second kappa shape index (κ2) is 17.9. The number of hydrogen-bond acceptors (Lipinski definition) is 7. The molecule has 4 aromatic rings. The fraction of sp³-hybridized carbons (Fsp3) is 0.409. The molecule has 280 valence electrons. The van der Waals surface area contributed by atoms with Crippen LogP contribution in [0.4, 0.5) is 11.4 Å². The minimum atomic E-state index is -0.454. The number of nitrogens with zero attached hydrogens (tertiary/aromatic N) is 2. The van der Waals surface area contributed by atoms with E-state index in [2.05, 4.69) is 71.6 Å². The molecular formula is C44H54N4O4S. The summed E-state index contributed by atoms with van der Waals surface area (Å²) in [5.41, 5.74) is 6.94. The molecule has 0 aliphatic carbocycles. The van der Waals surface area contributed by atoms with Crippen LogP contribution in [0.3, 0.4) is 0 Å². The van der Waals surface area contributed by atoms with Crippen molar-refractivity contribution in [3.05, 3.63) is 113 Å². The zero-order valence-electron chi connectivity index (χ0n) is 32.1. The highest BCUT2D eigenvalue weighted by Crippen LogP contribution is 2.33. The Balaban J connectivity index is 1.30. The molecule has 1 fully saturated rings. The standard InChI is InChI=1S/C44H54N4O4S/c1-7-44(5,6)52-40(49)21-25-53-30-32-12-11-13-33(26-32)42(51)47-38-19-18-36(48-23-9-8-10-24-48)28-37(38)39-27-34(20-22-45-39)41(50)46-29-31-14-16-35(17-15-31)43(2,3)4/h11-20,22,26-28H,7-10,21,23-25,29-30H2,1-6H3,(H,46,50)(H,47,51). The molecule has 1 saturated heterocycles. The van der Waals surface area contributed by atoms with Gasteiger partial charge in [-0.05, 0) is 104 Å². The van der Waals surface area contributed by atoms with Crippen LogP contribution in [0, 0.1) is 0 Å². The maximum atomic E-state index is 13.7. The summed E-state index contributed by atoms with van der Waals surface area (Å²) in [5, 5.41) is 6.19. The average Bonchev–Trinajstić information content (AvgIpc) is 3.16. The zero-order chi connectivity index (χ0) is 38.0. The number of amides is 2. The van der Waals surface area contributed by atoms with Crippen LogP contribution in [0.15, 0.2) is 85.1 Å². The molecule has 8 nitrogen and oxygen atoms in total. The lowest BCUT2D eigenvalue weighted by molar-refractivity contribution is -0.156. The summed E-state index contributed by atoms with van der Waals surface area (Å²) < 4.78 is 5.56. The lowest BCUT2D eigenvalue weighted by atomic mass is 9.87. The van der Waals surface area contributed by atoms with Gasteiger partial charge in [0.25, 0.3) is 11.8 Å². The zero-order valence-corrected chi connectivity index (χ0v) is 32.9. The van der Waals surface area contributed by atoms with E-state index in [0.29, 0.717) is 47.0 Å². The minimum Gasteiger partial charge on any atom is -0.460 e. The predicted molar refractivity (Wildman–Crippen MR) is 218 cm³/mol. The fourth-order valence-corrected chi connectivity index (χ4v) is 6.97. The SMILES string of the molecule is CCC(C)(C)OC(=O)CCSCc1cccc(C(=O)Nc2ccc(N3CCCCC3)cc2-c2cc(C(=O)NCc3ccc(C(C)(C)C)cc3)ccn2)c1. The maximum Gasteiger partial charge on any atom is 0.307 e. The molecule has 5 rings (SSSR count). The van der Waals surface area contributed by atoms with Gasteiger partial charge in [-0.1, -0.05) is 64.1 Å². The van der Waals surface area contributed by atoms with Gasteiger partial charge in [0.2, 0.25) is 0 Å². The molecule has 0 unspecified atom stereocenters. The minimum absolute atomic E-state index is 0.0628. The molecule has 1 aromatic heterocycles. The van der Waals surface area contributed by atoms with Crippen molar-refractivity contribution in [2.24, 2.45) is 0 Å². The fourth-order valence-electron chi connectivity index (χ4n) is 6.10. The number of esters is 1. The predicted octanol–water partition coefficient (Wildman–Crippen LogP) is 9.57. The number of benzene rings is 3. The van der Waals surface area contributed by atoms with Crippen molar-refractivity contribution < 1.29 is 19.1 Å². The van der Waals surface area contributed by atoms with Gasteiger partial charge < -0.3 is 20.3 Å². The van der Waals surface area contributed by atoms with Crippen molar-refractivity contribution in [2.75, 3.05) is 29.1 Å². The third-order valence-electron chi connectivity index (χ3n) is 9.69. The van der Waals surface area contributed by atoms with Crippen molar-refractivity contribution in [1.29, 1.82) is 0 Å². The topological polar surface area (TPSA) is 101 Å². The van der Waals surface area contributed by atoms with E-state index in [-0.39, 0.29) is 23.2 Å². The quantitative estimate of drug-likeness (QED) is 0.0983. The lowest BCUT2D eigenvalue weighted by Gasteiger charge is -2.29. The number of pyridine rings is 1. The number of thioether (sulfide) groups is 1. The van der Waals surface area contributed by atoms with Crippen LogP contribution in [0.2, 0.25) is 0 Å². The van der Waals surface area contributed by atoms with Gasteiger partial charge in [-0.25, -0.2) is 0 Å². The van der Waals surface area contributed by atoms with Gasteiger partial charge in [-0.15, -0.1) is 0 Å². The molecule has 53 heavy (non-hydrogen) atoms. The normalized spacial score (nSPS) is 13.4. The van der Waals surface area contributed by atoms with Crippen LogP contribution in [0.25, 0.3) is 11.3 Å². The van der Waals surface area contributed by atoms with Crippen molar-refractivity contribution in [1.82, 2.24) is 10.3 Å². The number of ether oxygens (including phenoxy) is 1. The third-order valence-corrected chi connectivity index (χ3v) is 10.7. The molecule has 0 radical (unpaired) electrons. The summed E-state index contributed by atoms with van der Waals surface area (Å²) in [4.78, 5) is 46.4. The summed E-state index contributed by atoms with van der Waals surface area (Å²) in [6, 6.07) is 25.5. The van der Waals surface area contributed by atoms with Crippen LogP contribution >= 0.6 is 11.8 Å². The number of aromatic nitrogens is 1. The first-order chi connectivity index (χ1) is 25.3. The number of piperidine rings is 1. The Morgan fingerprint density at radius 1 is 0.830 bits per heavy atom. The van der Waals surface area contributed by atoms with Crippen LogP contribution < -0.4 is 15.5 Å². The van der Waals surface area contributed by atoms with Gasteiger partial charge in [0.15, 0.2) is 0 Å². The van der Waals surface area contributed by atoms with E-state index < -0.39 is 5.60 Å². The number of anilines is 2. The summed E-state index contributed by atoms with van der Waals surface area (Å²) >= 11 is 1.64. The van der Waals surface area contributed by atoms with E-state index in [4.69, 9.17) is 4.74 Å². The highest BCUT2D eigenvalue weighted by molar-refractivity contribution is 7.98. The van der Waals surface area contributed by atoms with Crippen LogP contribution in [-0.2, 0) is 27.2 Å². The van der Waals surface area contributed by atoms with E-state index >= 15 is 0 Å². The van der Waals surface area contributed by atoms with Gasteiger partial charge in [0.1, 0.15) is 5.60 Å². The average molecular weight is 735 g/mol. The number of rotatable bonds is 14. The first-order valence-corrected chi connectivity index (χ1v) is 19.9. The van der Waals surface area contributed by atoms with Crippen molar-refractivity contribution >= 4 is 40.9 Å². The Bertz CT molecular complexity index is 1880. The molecule has 2 amide bonds. The van der Waals surface area contributed by atoms with Crippen molar-refractivity contribution in [2.45, 2.75) is 97.0 Å². The Labute approximate surface area is 319 Å². The van der Waals surface area contributed by atoms with Crippen LogP contribution in [0.1, 0.15) is 111 Å². The third kappa shape index (κ3) is 11.4. The molecular weight excluding hydrogens is 681 g/mol. The largest absolute Gasteiger partial charge is 0.460 e. The highest BCUT2D eigenvalue weighted by Gasteiger charge is 2.21. The number of carbonyl (C=O) groups is 3. The Morgan fingerprint density at radius 3 is 2.28 bits per heavy atom. The lowest BCUT2D eigenvalue weighted by Crippen LogP contribution is -2.29. The monoisotopic (exact) mass is 734 g/mol. The smallest absolute Gasteiger partial charge is 0.307 e. The van der Waals surface area contributed by atoms with E-state index in [1.807, 2.05) is 51.1 Å². The number of nitrogens with one attached hydrogen (secondary N) is 2. The first-order valence-electron chi connectivity index (χ1n) is 18.7. The molecule has 9 heteroatoms. The first kappa shape index (κ1) is 39.6. The Kier molecular flexibility index (Phi) is 13.4. The van der Waals surface area contributed by atoms with Crippen LogP contribution in [-0.4, -0.2) is 47.2 Å². The van der Waals surface area contributed by atoms with E-state index in [1.165, 1.54) is 12.0 Å². The molecule has 0 bridgehead atoms. The van der Waals surface area contributed by atoms with E-state index in [1.54, 1.807) is 36.2 Å². The Morgan fingerprint density at radius 2 is 1.57 bits per heavy atom. The van der Waals surface area contributed by atoms with Gasteiger partial charge in [-0.2, -0.15) is 11.8 Å². The van der Waals surface area contributed by atoms with Crippen LogP contribution in [0.5, 0.6) is 0 Å². The molecule has 2 heterocycles. The van der Waals surface area contributed by atoms with E-state index in [9.17, 15) is 14.4 Å². The summed E-state index contributed by atoms with van der Waals surface area (Å²) in [6.07, 6.45) is 6.24. The van der Waals surface area contributed by atoms with Gasteiger partial charge in [-0.3, -0.25) is 19.4 Å². The molecule has 0 atom stereocenters. The molecule has 2 N–H and O–H groups in total. The molecule has 0 spiro atoms. The number of hydrogen-bond donors (Lipinski definition) is 2. The summed E-state index contributed by atoms with van der Waals surface area (Å²) in [7, 11) is 0. The van der Waals surface area contributed by atoms with Gasteiger partial charge >= 0.3 is 5.97 Å². The molecule has 1 aliphatic rings. The molecule has 0 saturated carbocycles. The number of carbonyl (C=O) groups excluding carboxylic acids is 3. The summed E-state index contributed by atoms with van der Waals surface area (Å²) in [5.74, 6) is 0.684. The molecule has 3 aromatic carbocycles. The second-order valence-electron chi connectivity index (χ2n) is 15.4. The van der Waals surface area contributed by atoms with E-state index in [0.717, 1.165) is 54.7 Å². The van der Waals surface area contributed by atoms with Crippen molar-refractivity contribution in [3.63, 3.8) is 0 Å². The molecule has 1 aliphatic heterocycles. The Hall–Kier alpha value is -4.63.